The molecule has 0 aliphatic carbocycles. The van der Waals surface area contributed by atoms with Gasteiger partial charge in [0.25, 0.3) is 0 Å². The molecule has 2 saturated heterocycles. The van der Waals surface area contributed by atoms with E-state index in [4.69, 9.17) is 4.52 Å². The lowest BCUT2D eigenvalue weighted by Gasteiger charge is -2.34. The van der Waals surface area contributed by atoms with Crippen LogP contribution in [-0.2, 0) is 11.2 Å². The first-order valence-electron chi connectivity index (χ1n) is 10.1. The molecule has 2 fully saturated rings. The van der Waals surface area contributed by atoms with Gasteiger partial charge in [-0.25, -0.2) is 4.79 Å². The van der Waals surface area contributed by atoms with Crippen LogP contribution in [-0.4, -0.2) is 82.6 Å². The Morgan fingerprint density at radius 3 is 2.79 bits per heavy atom. The van der Waals surface area contributed by atoms with Crippen LogP contribution in [0.25, 0.3) is 0 Å². The Hall–Kier alpha value is -2.42. The number of urea groups is 1. The van der Waals surface area contributed by atoms with Gasteiger partial charge in [0, 0.05) is 58.7 Å². The van der Waals surface area contributed by atoms with Gasteiger partial charge in [0.05, 0.1) is 6.04 Å². The topological polar surface area (TPSA) is 94.8 Å². The van der Waals surface area contributed by atoms with Crippen molar-refractivity contribution in [1.82, 2.24) is 30.2 Å². The fourth-order valence-electron chi connectivity index (χ4n) is 3.77. The second kappa shape index (κ2) is 9.68. The Labute approximate surface area is 165 Å². The predicted molar refractivity (Wildman–Crippen MR) is 104 cm³/mol. The fraction of sp³-hybridized carbons (Fsp3) is 0.684. The summed E-state index contributed by atoms with van der Waals surface area (Å²) in [5.74, 6) is 1.10. The molecule has 1 N–H and O–H groups in total. The van der Waals surface area contributed by atoms with E-state index in [-0.39, 0.29) is 18.0 Å². The first-order valence-corrected chi connectivity index (χ1v) is 10.1. The maximum absolute atomic E-state index is 12.4. The third-order valence-corrected chi connectivity index (χ3v) is 5.29. The number of carbonyl (C=O) groups is 2. The minimum atomic E-state index is -0.155. The van der Waals surface area contributed by atoms with Gasteiger partial charge in [-0.3, -0.25) is 9.69 Å². The molecule has 1 aromatic heterocycles. The van der Waals surface area contributed by atoms with E-state index in [9.17, 15) is 9.59 Å². The highest BCUT2D eigenvalue weighted by molar-refractivity contribution is 5.76. The van der Waals surface area contributed by atoms with E-state index >= 15 is 0 Å². The van der Waals surface area contributed by atoms with Gasteiger partial charge in [0.2, 0.25) is 11.8 Å². The normalized spacial score (nSPS) is 20.4. The third-order valence-electron chi connectivity index (χ3n) is 5.29. The van der Waals surface area contributed by atoms with Crippen molar-refractivity contribution >= 4 is 11.9 Å². The number of hydrogen-bond acceptors (Lipinski definition) is 6. The molecule has 9 nitrogen and oxygen atoms in total. The van der Waals surface area contributed by atoms with Gasteiger partial charge >= 0.3 is 6.03 Å². The third kappa shape index (κ3) is 4.89. The molecule has 0 bridgehead atoms. The largest absolute Gasteiger partial charge is 0.340 e. The van der Waals surface area contributed by atoms with E-state index in [0.29, 0.717) is 37.6 Å². The van der Waals surface area contributed by atoms with Crippen LogP contribution in [0.2, 0.25) is 0 Å². The van der Waals surface area contributed by atoms with E-state index in [2.05, 4.69) is 26.9 Å². The van der Waals surface area contributed by atoms with Crippen molar-refractivity contribution in [3.8, 4) is 0 Å². The monoisotopic (exact) mass is 390 g/mol. The first kappa shape index (κ1) is 20.3. The fourth-order valence-corrected chi connectivity index (χ4v) is 3.77. The summed E-state index contributed by atoms with van der Waals surface area (Å²) in [7, 11) is 0. The van der Waals surface area contributed by atoms with Crippen LogP contribution in [0, 0.1) is 0 Å². The molecule has 1 atom stereocenters. The summed E-state index contributed by atoms with van der Waals surface area (Å²) in [6, 6.07) is -0.250. The Balaban J connectivity index is 1.49. The van der Waals surface area contributed by atoms with Gasteiger partial charge in [-0.05, 0) is 19.8 Å². The molecule has 9 heteroatoms. The molecule has 3 rings (SSSR count). The number of carbonyl (C=O) groups excluding carboxylic acids is 2. The first-order chi connectivity index (χ1) is 13.6. The molecule has 2 aliphatic rings. The summed E-state index contributed by atoms with van der Waals surface area (Å²) in [6.45, 7) is 11.0. The van der Waals surface area contributed by atoms with Crippen LogP contribution in [0.1, 0.15) is 43.9 Å². The van der Waals surface area contributed by atoms with Crippen LogP contribution in [0.4, 0.5) is 4.79 Å². The zero-order valence-corrected chi connectivity index (χ0v) is 16.6. The van der Waals surface area contributed by atoms with E-state index in [1.165, 1.54) is 0 Å². The van der Waals surface area contributed by atoms with Crippen molar-refractivity contribution < 1.29 is 14.1 Å². The van der Waals surface area contributed by atoms with Gasteiger partial charge in [-0.1, -0.05) is 11.2 Å². The molecule has 0 spiro atoms. The summed E-state index contributed by atoms with van der Waals surface area (Å²) >= 11 is 0. The smallest absolute Gasteiger partial charge is 0.318 e. The molecular formula is C19H30N6O3. The quantitative estimate of drug-likeness (QED) is 0.703. The van der Waals surface area contributed by atoms with Gasteiger partial charge < -0.3 is 19.6 Å². The van der Waals surface area contributed by atoms with Crippen molar-refractivity contribution in [2.45, 2.75) is 38.6 Å². The Morgan fingerprint density at radius 1 is 1.29 bits per heavy atom. The SMILES string of the molecule is C=CCN1CCN(C(=O)CCc2nc(C3CCCN3C(=O)NCC)no2)CC1. The second-order valence-corrected chi connectivity index (χ2v) is 7.20. The van der Waals surface area contributed by atoms with Gasteiger partial charge in [0.1, 0.15) is 0 Å². The molecule has 1 unspecified atom stereocenters. The standard InChI is InChI=1S/C19H30N6O3/c1-3-9-23-11-13-24(14-12-23)17(26)8-7-16-21-18(22-28-16)15-6-5-10-25(15)19(27)20-4-2/h3,15H,1,4-14H2,2H3,(H,20,27). The summed E-state index contributed by atoms with van der Waals surface area (Å²) < 4.78 is 5.34. The van der Waals surface area contributed by atoms with Gasteiger partial charge in [-0.2, -0.15) is 4.98 Å². The van der Waals surface area contributed by atoms with Crippen LogP contribution >= 0.6 is 0 Å². The van der Waals surface area contributed by atoms with Gasteiger partial charge in [-0.15, -0.1) is 6.58 Å². The lowest BCUT2D eigenvalue weighted by atomic mass is 10.2. The van der Waals surface area contributed by atoms with Crippen molar-refractivity contribution in [3.05, 3.63) is 24.4 Å². The number of rotatable bonds is 7. The molecule has 3 amide bonds. The number of amides is 3. The number of nitrogens with zero attached hydrogens (tertiary/aromatic N) is 5. The number of likely N-dealkylation sites (tertiary alicyclic amines) is 1. The lowest BCUT2D eigenvalue weighted by Crippen LogP contribution is -2.48. The Bertz CT molecular complexity index is 683. The zero-order chi connectivity index (χ0) is 19.9. The molecule has 0 saturated carbocycles. The number of aryl methyl sites for hydroxylation is 1. The number of piperazine rings is 1. The minimum Gasteiger partial charge on any atom is -0.340 e. The molecule has 154 valence electrons. The summed E-state index contributed by atoms with van der Waals surface area (Å²) in [5, 5.41) is 6.89. The second-order valence-electron chi connectivity index (χ2n) is 7.20. The van der Waals surface area contributed by atoms with Gasteiger partial charge in [0.15, 0.2) is 5.82 Å². The van der Waals surface area contributed by atoms with Crippen LogP contribution < -0.4 is 5.32 Å². The lowest BCUT2D eigenvalue weighted by molar-refractivity contribution is -0.132. The molecule has 2 aliphatic heterocycles. The molecule has 0 aromatic carbocycles. The molecule has 3 heterocycles. The van der Waals surface area contributed by atoms with E-state index in [0.717, 1.165) is 45.6 Å². The average molecular weight is 390 g/mol. The maximum Gasteiger partial charge on any atom is 0.318 e. The average Bonchev–Trinajstić information content (AvgIpc) is 3.36. The van der Waals surface area contributed by atoms with Crippen molar-refractivity contribution in [2.75, 3.05) is 45.8 Å². The van der Waals surface area contributed by atoms with E-state index in [1.54, 1.807) is 4.90 Å². The summed E-state index contributed by atoms with van der Waals surface area (Å²) in [4.78, 5) is 35.0. The van der Waals surface area contributed by atoms with E-state index < -0.39 is 0 Å². The Kier molecular flexibility index (Phi) is 7.02. The summed E-state index contributed by atoms with van der Waals surface area (Å²) in [5.41, 5.74) is 0. The van der Waals surface area contributed by atoms with Crippen LogP contribution in [0.15, 0.2) is 17.2 Å². The highest BCUT2D eigenvalue weighted by Crippen LogP contribution is 2.30. The highest BCUT2D eigenvalue weighted by Gasteiger charge is 2.33. The number of aromatic nitrogens is 2. The number of hydrogen-bond donors (Lipinski definition) is 1. The molecule has 0 radical (unpaired) electrons. The van der Waals surface area contributed by atoms with Crippen molar-refractivity contribution in [3.63, 3.8) is 0 Å². The zero-order valence-electron chi connectivity index (χ0n) is 16.6. The van der Waals surface area contributed by atoms with Crippen LogP contribution in [0.5, 0.6) is 0 Å². The highest BCUT2D eigenvalue weighted by atomic mass is 16.5. The molecular weight excluding hydrogens is 360 g/mol. The van der Waals surface area contributed by atoms with Crippen molar-refractivity contribution in [2.24, 2.45) is 0 Å². The van der Waals surface area contributed by atoms with Crippen LogP contribution in [0.3, 0.4) is 0 Å². The van der Waals surface area contributed by atoms with Crippen molar-refractivity contribution in [1.29, 1.82) is 0 Å². The molecule has 28 heavy (non-hydrogen) atoms. The Morgan fingerprint density at radius 2 is 2.07 bits per heavy atom. The predicted octanol–water partition coefficient (Wildman–Crippen LogP) is 1.20. The summed E-state index contributed by atoms with van der Waals surface area (Å²) in [6.07, 6.45) is 4.41. The number of nitrogens with one attached hydrogen (secondary N) is 1. The van der Waals surface area contributed by atoms with E-state index in [1.807, 2.05) is 17.9 Å². The maximum atomic E-state index is 12.4. The molecule has 1 aromatic rings. The minimum absolute atomic E-state index is 0.0953.